The van der Waals surface area contributed by atoms with Gasteiger partial charge in [0.05, 0.1) is 17.7 Å². The minimum atomic E-state index is -0.194. The van der Waals surface area contributed by atoms with E-state index in [4.69, 9.17) is 11.6 Å². The Kier molecular flexibility index (Phi) is 6.01. The summed E-state index contributed by atoms with van der Waals surface area (Å²) in [6.07, 6.45) is 3.25. The van der Waals surface area contributed by atoms with Crippen molar-refractivity contribution in [1.29, 1.82) is 5.26 Å². The number of halogens is 1. The van der Waals surface area contributed by atoms with Gasteiger partial charge in [0.2, 0.25) is 0 Å². The molecule has 1 amide bonds. The number of hydrogen-bond donors (Lipinski definition) is 0. The van der Waals surface area contributed by atoms with Crippen LogP contribution < -0.4 is 10.5 Å². The lowest BCUT2D eigenvalue weighted by atomic mass is 10.2. The molecule has 7 nitrogen and oxygen atoms in total. The number of aromatic nitrogens is 2. The van der Waals surface area contributed by atoms with Crippen LogP contribution in [0, 0.1) is 11.3 Å². The van der Waals surface area contributed by atoms with Crippen molar-refractivity contribution in [2.24, 2.45) is 0 Å². The number of benzene rings is 1. The van der Waals surface area contributed by atoms with Gasteiger partial charge in [-0.1, -0.05) is 29.8 Å². The van der Waals surface area contributed by atoms with Crippen molar-refractivity contribution in [2.45, 2.75) is 6.54 Å². The molecular weight excluding hydrogens is 414 g/mol. The maximum absolute atomic E-state index is 13.0. The molecule has 0 aliphatic carbocycles. The molecule has 4 rings (SSSR count). The van der Waals surface area contributed by atoms with Crippen molar-refractivity contribution < 1.29 is 4.79 Å². The van der Waals surface area contributed by atoms with Crippen LogP contribution in [0.15, 0.2) is 65.7 Å². The van der Waals surface area contributed by atoms with Gasteiger partial charge in [-0.2, -0.15) is 5.26 Å². The van der Waals surface area contributed by atoms with Gasteiger partial charge in [-0.25, -0.2) is 4.98 Å². The Morgan fingerprint density at radius 2 is 1.84 bits per heavy atom. The van der Waals surface area contributed by atoms with Crippen LogP contribution in [0.4, 0.5) is 5.82 Å². The molecule has 0 N–H and O–H groups in total. The molecule has 0 radical (unpaired) electrons. The third-order valence-corrected chi connectivity index (χ3v) is 5.67. The van der Waals surface area contributed by atoms with Gasteiger partial charge < -0.3 is 14.4 Å². The van der Waals surface area contributed by atoms with E-state index in [1.807, 2.05) is 23.1 Å². The van der Waals surface area contributed by atoms with Crippen LogP contribution in [-0.4, -0.2) is 46.5 Å². The van der Waals surface area contributed by atoms with E-state index in [2.05, 4.69) is 11.1 Å². The van der Waals surface area contributed by atoms with E-state index in [1.54, 1.807) is 41.6 Å². The summed E-state index contributed by atoms with van der Waals surface area (Å²) in [6.45, 7) is 2.46. The van der Waals surface area contributed by atoms with E-state index in [-0.39, 0.29) is 11.5 Å². The summed E-state index contributed by atoms with van der Waals surface area (Å²) in [7, 11) is 0. The largest absolute Gasteiger partial charge is 0.352 e. The monoisotopic (exact) mass is 433 g/mol. The van der Waals surface area contributed by atoms with Crippen LogP contribution in [0.5, 0.6) is 0 Å². The second-order valence-electron chi connectivity index (χ2n) is 7.24. The standard InChI is InChI=1S/C23H20ClN5O2/c24-20-6-2-1-4-18(20)15-29-16-19(7-8-21(29)30)23(31)28-12-10-27(11-13-28)22-17(14-25)5-3-9-26-22/h1-9,16H,10-13,15H2. The van der Waals surface area contributed by atoms with Crippen LogP contribution >= 0.6 is 11.6 Å². The van der Waals surface area contributed by atoms with Gasteiger partial charge in [0.1, 0.15) is 11.9 Å². The fourth-order valence-electron chi connectivity index (χ4n) is 3.63. The Hall–Kier alpha value is -3.63. The molecule has 1 aliphatic rings. The van der Waals surface area contributed by atoms with E-state index in [0.717, 1.165) is 5.56 Å². The Labute approximate surface area is 184 Å². The van der Waals surface area contributed by atoms with Crippen LogP contribution in [0.25, 0.3) is 0 Å². The zero-order chi connectivity index (χ0) is 21.8. The lowest BCUT2D eigenvalue weighted by Crippen LogP contribution is -2.49. The van der Waals surface area contributed by atoms with Crippen molar-refractivity contribution in [1.82, 2.24) is 14.5 Å². The summed E-state index contributed by atoms with van der Waals surface area (Å²) in [5.41, 5.74) is 1.60. The third kappa shape index (κ3) is 4.44. The molecule has 0 spiro atoms. The lowest BCUT2D eigenvalue weighted by molar-refractivity contribution is 0.0745. The highest BCUT2D eigenvalue weighted by molar-refractivity contribution is 6.31. The average Bonchev–Trinajstić information content (AvgIpc) is 2.81. The van der Waals surface area contributed by atoms with Gasteiger partial charge >= 0.3 is 0 Å². The quantitative estimate of drug-likeness (QED) is 0.631. The van der Waals surface area contributed by atoms with Gasteiger partial charge in [-0.3, -0.25) is 9.59 Å². The summed E-state index contributed by atoms with van der Waals surface area (Å²) in [6, 6.07) is 15.9. The van der Waals surface area contributed by atoms with Crippen LogP contribution in [0.1, 0.15) is 21.5 Å². The van der Waals surface area contributed by atoms with E-state index >= 15 is 0 Å². The maximum atomic E-state index is 13.0. The third-order valence-electron chi connectivity index (χ3n) is 5.30. The van der Waals surface area contributed by atoms with Crippen molar-refractivity contribution >= 4 is 23.3 Å². The van der Waals surface area contributed by atoms with Crippen molar-refractivity contribution in [3.8, 4) is 6.07 Å². The SMILES string of the molecule is N#Cc1cccnc1N1CCN(C(=O)c2ccc(=O)n(Cc3ccccc3Cl)c2)CC1. The average molecular weight is 434 g/mol. The first-order valence-electron chi connectivity index (χ1n) is 9.90. The highest BCUT2D eigenvalue weighted by Crippen LogP contribution is 2.19. The van der Waals surface area contributed by atoms with E-state index in [1.165, 1.54) is 10.6 Å². The second-order valence-corrected chi connectivity index (χ2v) is 7.65. The Morgan fingerprint density at radius 1 is 1.06 bits per heavy atom. The Morgan fingerprint density at radius 3 is 2.58 bits per heavy atom. The molecule has 0 saturated carbocycles. The highest BCUT2D eigenvalue weighted by Gasteiger charge is 2.24. The lowest BCUT2D eigenvalue weighted by Gasteiger charge is -2.35. The van der Waals surface area contributed by atoms with Gasteiger partial charge in [0, 0.05) is 49.7 Å². The first-order valence-corrected chi connectivity index (χ1v) is 10.3. The Balaban J connectivity index is 1.48. The molecule has 0 atom stereocenters. The maximum Gasteiger partial charge on any atom is 0.255 e. The van der Waals surface area contributed by atoms with Crippen molar-refractivity contribution in [3.63, 3.8) is 0 Å². The van der Waals surface area contributed by atoms with Crippen LogP contribution in [0.2, 0.25) is 5.02 Å². The van der Waals surface area contributed by atoms with Gasteiger partial charge in [-0.15, -0.1) is 0 Å². The smallest absolute Gasteiger partial charge is 0.255 e. The molecule has 1 fully saturated rings. The number of carbonyl (C=O) groups is 1. The zero-order valence-electron chi connectivity index (χ0n) is 16.7. The molecule has 1 aliphatic heterocycles. The Bertz CT molecular complexity index is 1210. The molecule has 0 unspecified atom stereocenters. The van der Waals surface area contributed by atoms with E-state index in [0.29, 0.717) is 54.7 Å². The molecule has 3 aromatic rings. The van der Waals surface area contributed by atoms with E-state index < -0.39 is 0 Å². The minimum Gasteiger partial charge on any atom is -0.352 e. The highest BCUT2D eigenvalue weighted by atomic mass is 35.5. The molecule has 2 aromatic heterocycles. The molecular formula is C23H20ClN5O2. The minimum absolute atomic E-state index is 0.130. The summed E-state index contributed by atoms with van der Waals surface area (Å²) < 4.78 is 1.50. The van der Waals surface area contributed by atoms with Crippen molar-refractivity contribution in [2.75, 3.05) is 31.1 Å². The molecule has 3 heterocycles. The molecule has 31 heavy (non-hydrogen) atoms. The number of carbonyl (C=O) groups excluding carboxylic acids is 1. The predicted molar refractivity (Wildman–Crippen MR) is 118 cm³/mol. The summed E-state index contributed by atoms with van der Waals surface area (Å²) in [5, 5.41) is 9.87. The number of pyridine rings is 2. The molecule has 0 bridgehead atoms. The number of rotatable bonds is 4. The number of anilines is 1. The normalized spacial score (nSPS) is 13.7. The topological polar surface area (TPSA) is 82.2 Å². The second kappa shape index (κ2) is 9.02. The number of amides is 1. The van der Waals surface area contributed by atoms with Crippen LogP contribution in [0.3, 0.4) is 0 Å². The predicted octanol–water partition coefficient (Wildman–Crippen LogP) is 2.78. The first-order chi connectivity index (χ1) is 15.1. The molecule has 1 aromatic carbocycles. The fraction of sp³-hybridized carbons (Fsp3) is 0.217. The van der Waals surface area contributed by atoms with Gasteiger partial charge in [-0.05, 0) is 29.8 Å². The van der Waals surface area contributed by atoms with Gasteiger partial charge in [0.15, 0.2) is 0 Å². The number of nitrogens with zero attached hydrogens (tertiary/aromatic N) is 5. The number of nitriles is 1. The van der Waals surface area contributed by atoms with Crippen LogP contribution in [-0.2, 0) is 6.54 Å². The summed E-state index contributed by atoms with van der Waals surface area (Å²) >= 11 is 6.22. The summed E-state index contributed by atoms with van der Waals surface area (Å²) in [4.78, 5) is 33.4. The number of piperazine rings is 1. The molecule has 156 valence electrons. The fourth-order valence-corrected chi connectivity index (χ4v) is 3.83. The molecule has 8 heteroatoms. The van der Waals surface area contributed by atoms with E-state index in [9.17, 15) is 14.9 Å². The first kappa shape index (κ1) is 20.6. The zero-order valence-corrected chi connectivity index (χ0v) is 17.5. The molecule has 1 saturated heterocycles. The van der Waals surface area contributed by atoms with Crippen molar-refractivity contribution in [3.05, 3.63) is 93.0 Å². The summed E-state index contributed by atoms with van der Waals surface area (Å²) in [5.74, 6) is 0.513. The van der Waals surface area contributed by atoms with Gasteiger partial charge in [0.25, 0.3) is 11.5 Å². The number of hydrogen-bond acceptors (Lipinski definition) is 5.